The average molecular weight is 474 g/mol. The summed E-state index contributed by atoms with van der Waals surface area (Å²) >= 11 is 0. The predicted octanol–water partition coefficient (Wildman–Crippen LogP) is 2.73. The highest BCUT2D eigenvalue weighted by Gasteiger charge is 2.21. The number of hydrazine groups is 1. The van der Waals surface area contributed by atoms with Crippen molar-refractivity contribution in [2.24, 2.45) is 0 Å². The summed E-state index contributed by atoms with van der Waals surface area (Å²) in [7, 11) is -3.56. The highest BCUT2D eigenvalue weighted by atomic mass is 32.2. The van der Waals surface area contributed by atoms with E-state index in [2.05, 4.69) is 26.1 Å². The molecule has 2 aromatic carbocycles. The second-order valence-corrected chi connectivity index (χ2v) is 8.75. The number of nitrogens with one attached hydrogen (secondary N) is 3. The van der Waals surface area contributed by atoms with Crippen LogP contribution in [0.3, 0.4) is 0 Å². The Morgan fingerprint density at radius 1 is 1.00 bits per heavy atom. The first-order valence-corrected chi connectivity index (χ1v) is 11.5. The van der Waals surface area contributed by atoms with Crippen molar-refractivity contribution in [3.8, 4) is 0 Å². The minimum atomic E-state index is -3.56. The van der Waals surface area contributed by atoms with Crippen molar-refractivity contribution >= 4 is 38.9 Å². The fraction of sp³-hybridized carbons (Fsp3) is 0.190. The summed E-state index contributed by atoms with van der Waals surface area (Å²) in [6, 6.07) is 11.2. The fourth-order valence-corrected chi connectivity index (χ4v) is 4.40. The van der Waals surface area contributed by atoms with Crippen molar-refractivity contribution in [2.75, 3.05) is 29.6 Å². The van der Waals surface area contributed by atoms with Gasteiger partial charge >= 0.3 is 0 Å². The van der Waals surface area contributed by atoms with E-state index in [1.807, 2.05) is 0 Å². The van der Waals surface area contributed by atoms with Gasteiger partial charge in [0.15, 0.2) is 11.6 Å². The number of benzene rings is 2. The minimum Gasteiger partial charge on any atom is -0.393 e. The van der Waals surface area contributed by atoms with E-state index >= 15 is 0 Å². The van der Waals surface area contributed by atoms with Crippen LogP contribution in [0.1, 0.15) is 24.2 Å². The van der Waals surface area contributed by atoms with E-state index in [4.69, 9.17) is 5.73 Å². The maximum atomic E-state index is 13.0. The van der Waals surface area contributed by atoms with Gasteiger partial charge in [0, 0.05) is 24.3 Å². The minimum absolute atomic E-state index is 0.122. The topological polar surface area (TPSA) is 142 Å². The van der Waals surface area contributed by atoms with Crippen LogP contribution in [0.2, 0.25) is 0 Å². The number of carbonyl (C=O) groups excluding carboxylic acids is 1. The second kappa shape index (κ2) is 10.2. The van der Waals surface area contributed by atoms with E-state index in [9.17, 15) is 17.6 Å². The molecular weight excluding hydrogens is 449 g/mol. The Balaban J connectivity index is 1.70. The van der Waals surface area contributed by atoms with Gasteiger partial charge in [0.25, 0.3) is 5.91 Å². The third kappa shape index (κ3) is 5.54. The number of halogens is 1. The number of hydrogen-bond donors (Lipinski definition) is 4. The molecule has 0 saturated carbocycles. The molecule has 0 aliphatic rings. The molecule has 0 saturated heterocycles. The Hall–Kier alpha value is -3.77. The molecule has 174 valence electrons. The molecule has 1 heterocycles. The van der Waals surface area contributed by atoms with Crippen LogP contribution >= 0.6 is 0 Å². The molecule has 1 aromatic heterocycles. The van der Waals surface area contributed by atoms with E-state index in [-0.39, 0.29) is 27.8 Å². The lowest BCUT2D eigenvalue weighted by atomic mass is 10.2. The van der Waals surface area contributed by atoms with Gasteiger partial charge in [0.05, 0.1) is 4.90 Å². The zero-order chi connectivity index (χ0) is 24.0. The van der Waals surface area contributed by atoms with Gasteiger partial charge in [-0.1, -0.05) is 13.8 Å². The smallest absolute Gasteiger partial charge is 0.269 e. The number of amides is 1. The zero-order valence-corrected chi connectivity index (χ0v) is 18.9. The molecule has 0 bridgehead atoms. The largest absolute Gasteiger partial charge is 0.393 e. The van der Waals surface area contributed by atoms with Gasteiger partial charge in [-0.05, 0) is 48.5 Å². The zero-order valence-electron chi connectivity index (χ0n) is 18.0. The Morgan fingerprint density at radius 2 is 1.61 bits per heavy atom. The number of rotatable bonds is 9. The number of nitrogen functional groups attached to an aromatic ring is 1. The van der Waals surface area contributed by atoms with Crippen LogP contribution in [-0.2, 0) is 10.0 Å². The van der Waals surface area contributed by atoms with Crippen molar-refractivity contribution in [2.45, 2.75) is 18.7 Å². The van der Waals surface area contributed by atoms with Crippen molar-refractivity contribution in [1.82, 2.24) is 19.7 Å². The molecule has 3 rings (SSSR count). The van der Waals surface area contributed by atoms with Gasteiger partial charge in [0.2, 0.25) is 10.0 Å². The SMILES string of the molecule is CCN(CC)S(=O)(=O)c1ccc(Nc2ncnc(NNC(=O)c3ccc(F)cc3)c2N)cc1. The maximum absolute atomic E-state index is 13.0. The van der Waals surface area contributed by atoms with Crippen LogP contribution in [-0.4, -0.2) is 41.7 Å². The summed E-state index contributed by atoms with van der Waals surface area (Å²) in [5.41, 5.74) is 12.1. The molecule has 3 aromatic rings. The standard InChI is InChI=1S/C21H24FN7O3S/c1-3-29(4-2)33(31,32)17-11-9-16(10-12-17)26-19-18(23)20(25-13-24-19)27-28-21(30)14-5-7-15(22)8-6-14/h5-13H,3-4,23H2,1-2H3,(H,28,30)(H2,24,25,26,27). The fourth-order valence-electron chi connectivity index (χ4n) is 2.94. The molecule has 0 fully saturated rings. The van der Waals surface area contributed by atoms with Crippen molar-refractivity contribution in [3.05, 3.63) is 66.2 Å². The molecule has 0 aliphatic carbocycles. The Morgan fingerprint density at radius 3 is 2.21 bits per heavy atom. The summed E-state index contributed by atoms with van der Waals surface area (Å²) in [6.07, 6.45) is 1.24. The highest BCUT2D eigenvalue weighted by molar-refractivity contribution is 7.89. The molecule has 0 radical (unpaired) electrons. The number of nitrogens with two attached hydrogens (primary N) is 1. The first-order valence-electron chi connectivity index (χ1n) is 10.1. The van der Waals surface area contributed by atoms with E-state index in [1.165, 1.54) is 47.0 Å². The van der Waals surface area contributed by atoms with Crippen LogP contribution in [0, 0.1) is 5.82 Å². The molecular formula is C21H24FN7O3S. The number of aromatic nitrogens is 2. The van der Waals surface area contributed by atoms with E-state index < -0.39 is 21.7 Å². The number of carbonyl (C=O) groups is 1. The lowest BCUT2D eigenvalue weighted by Gasteiger charge is -2.18. The number of hydrogen-bond acceptors (Lipinski definition) is 8. The number of sulfonamides is 1. The molecule has 33 heavy (non-hydrogen) atoms. The van der Waals surface area contributed by atoms with Gasteiger partial charge in [-0.3, -0.25) is 15.6 Å². The Kier molecular flexibility index (Phi) is 7.41. The van der Waals surface area contributed by atoms with Gasteiger partial charge in [0.1, 0.15) is 17.8 Å². The second-order valence-electron chi connectivity index (χ2n) is 6.81. The summed E-state index contributed by atoms with van der Waals surface area (Å²) < 4.78 is 39.6. The summed E-state index contributed by atoms with van der Waals surface area (Å²) in [6.45, 7) is 4.32. The Bertz CT molecular complexity index is 1220. The molecule has 0 unspecified atom stereocenters. The maximum Gasteiger partial charge on any atom is 0.269 e. The molecule has 0 aliphatic heterocycles. The van der Waals surface area contributed by atoms with Crippen LogP contribution in [0.15, 0.2) is 59.8 Å². The van der Waals surface area contributed by atoms with Gasteiger partial charge in [-0.2, -0.15) is 4.31 Å². The third-order valence-electron chi connectivity index (χ3n) is 4.74. The predicted molar refractivity (Wildman–Crippen MR) is 124 cm³/mol. The van der Waals surface area contributed by atoms with E-state index in [0.29, 0.717) is 18.8 Å². The first-order chi connectivity index (χ1) is 15.8. The normalized spacial score (nSPS) is 11.3. The highest BCUT2D eigenvalue weighted by Crippen LogP contribution is 2.26. The first kappa shape index (κ1) is 23.9. The number of nitrogens with zero attached hydrogens (tertiary/aromatic N) is 3. The Labute approximate surface area is 191 Å². The lowest BCUT2D eigenvalue weighted by molar-refractivity contribution is 0.0962. The average Bonchev–Trinajstić information content (AvgIpc) is 2.81. The monoisotopic (exact) mass is 473 g/mol. The van der Waals surface area contributed by atoms with Crippen molar-refractivity contribution < 1.29 is 17.6 Å². The van der Waals surface area contributed by atoms with Crippen LogP contribution in [0.25, 0.3) is 0 Å². The quantitative estimate of drug-likeness (QED) is 0.348. The third-order valence-corrected chi connectivity index (χ3v) is 6.81. The molecule has 1 amide bonds. The lowest BCUT2D eigenvalue weighted by Crippen LogP contribution is -2.30. The molecule has 5 N–H and O–H groups in total. The van der Waals surface area contributed by atoms with E-state index in [0.717, 1.165) is 0 Å². The number of anilines is 4. The van der Waals surface area contributed by atoms with Crippen LogP contribution in [0.4, 0.5) is 27.4 Å². The summed E-state index contributed by atoms with van der Waals surface area (Å²) in [5, 5.41) is 3.00. The van der Waals surface area contributed by atoms with Gasteiger partial charge in [-0.25, -0.2) is 22.8 Å². The molecule has 10 nitrogen and oxygen atoms in total. The molecule has 0 spiro atoms. The van der Waals surface area contributed by atoms with E-state index in [1.54, 1.807) is 26.0 Å². The van der Waals surface area contributed by atoms with Crippen LogP contribution < -0.4 is 21.9 Å². The molecule has 12 heteroatoms. The van der Waals surface area contributed by atoms with Gasteiger partial charge < -0.3 is 11.1 Å². The summed E-state index contributed by atoms with van der Waals surface area (Å²) in [4.78, 5) is 20.4. The van der Waals surface area contributed by atoms with Crippen LogP contribution in [0.5, 0.6) is 0 Å². The van der Waals surface area contributed by atoms with Crippen molar-refractivity contribution in [3.63, 3.8) is 0 Å². The van der Waals surface area contributed by atoms with Gasteiger partial charge in [-0.15, -0.1) is 0 Å². The molecule has 0 atom stereocenters. The van der Waals surface area contributed by atoms with Crippen molar-refractivity contribution in [1.29, 1.82) is 0 Å². The summed E-state index contributed by atoms with van der Waals surface area (Å²) in [5.74, 6) is -0.562.